The monoisotopic (exact) mass is 445 g/mol. The van der Waals surface area contributed by atoms with Crippen LogP contribution in [0.4, 0.5) is 4.79 Å². The second-order valence-electron chi connectivity index (χ2n) is 8.71. The van der Waals surface area contributed by atoms with Gasteiger partial charge < -0.3 is 19.6 Å². The van der Waals surface area contributed by atoms with Crippen molar-refractivity contribution in [3.8, 4) is 5.75 Å². The van der Waals surface area contributed by atoms with Crippen LogP contribution in [0.15, 0.2) is 53.4 Å². The minimum Gasteiger partial charge on any atom is -0.497 e. The highest BCUT2D eigenvalue weighted by Gasteiger charge is 2.73. The molecule has 8 heteroatoms. The third kappa shape index (κ3) is 4.44. The largest absolute Gasteiger partial charge is 0.497 e. The number of hydrogen-bond donors (Lipinski definition) is 1. The lowest BCUT2D eigenvalue weighted by Crippen LogP contribution is -2.45. The number of aldehydes is 1. The second-order valence-corrected chi connectivity index (χ2v) is 10.8. The van der Waals surface area contributed by atoms with Crippen molar-refractivity contribution in [2.45, 2.75) is 54.9 Å². The van der Waals surface area contributed by atoms with Crippen LogP contribution < -0.4 is 10.1 Å². The summed E-state index contributed by atoms with van der Waals surface area (Å²) < 4.78 is 37.4. The summed E-state index contributed by atoms with van der Waals surface area (Å²) in [6.45, 7) is 6.92. The fourth-order valence-electron chi connectivity index (χ4n) is 3.75. The molecule has 0 heterocycles. The summed E-state index contributed by atoms with van der Waals surface area (Å²) in [5, 5.41) is 1.38. The zero-order valence-corrected chi connectivity index (χ0v) is 19.0. The van der Waals surface area contributed by atoms with E-state index in [1.54, 1.807) is 57.2 Å². The third-order valence-electron chi connectivity index (χ3n) is 5.25. The van der Waals surface area contributed by atoms with Crippen molar-refractivity contribution in [1.29, 1.82) is 0 Å². The molecule has 7 nitrogen and oxygen atoms in total. The van der Waals surface area contributed by atoms with Crippen molar-refractivity contribution in [2.75, 3.05) is 7.11 Å². The Kier molecular flexibility index (Phi) is 5.88. The van der Waals surface area contributed by atoms with Crippen molar-refractivity contribution in [3.63, 3.8) is 0 Å². The highest BCUT2D eigenvalue weighted by atomic mass is 32.2. The van der Waals surface area contributed by atoms with Crippen molar-refractivity contribution < 1.29 is 27.5 Å². The number of hydrogen-bond acceptors (Lipinski definition) is 6. The molecule has 1 saturated carbocycles. The number of ether oxygens (including phenoxy) is 2. The molecule has 31 heavy (non-hydrogen) atoms. The smallest absolute Gasteiger partial charge is 0.408 e. The molecular formula is C23H27NO6S. The molecule has 0 aromatic heterocycles. The van der Waals surface area contributed by atoms with Gasteiger partial charge in [-0.15, -0.1) is 0 Å². The van der Waals surface area contributed by atoms with E-state index in [1.807, 2.05) is 6.92 Å². The Labute approximate surface area is 182 Å². The van der Waals surface area contributed by atoms with Crippen LogP contribution in [-0.2, 0) is 19.4 Å². The first-order chi connectivity index (χ1) is 14.4. The minimum atomic E-state index is -3.94. The molecule has 0 spiro atoms. The standard InChI is InChI=1S/C23H27NO6S/c1-15-6-12-18(13-7-15)31(27,28)20-19(16-8-10-17(29-5)11-9-16)23(20,14-25)24-21(26)30-22(2,3)4/h6-14,19-20H,1-5H3,(H,24,26). The summed E-state index contributed by atoms with van der Waals surface area (Å²) in [4.78, 5) is 24.9. The van der Waals surface area contributed by atoms with Gasteiger partial charge in [0.15, 0.2) is 9.84 Å². The molecule has 3 unspecified atom stereocenters. The first-order valence-electron chi connectivity index (χ1n) is 9.86. The van der Waals surface area contributed by atoms with Crippen molar-refractivity contribution in [1.82, 2.24) is 5.32 Å². The van der Waals surface area contributed by atoms with Gasteiger partial charge in [0.2, 0.25) is 0 Å². The first-order valence-corrected chi connectivity index (χ1v) is 11.4. The molecule has 0 saturated heterocycles. The van der Waals surface area contributed by atoms with E-state index in [4.69, 9.17) is 9.47 Å². The predicted octanol–water partition coefficient (Wildman–Crippen LogP) is 3.41. The van der Waals surface area contributed by atoms with Crippen LogP contribution >= 0.6 is 0 Å². The van der Waals surface area contributed by atoms with Gasteiger partial charge in [0, 0.05) is 5.92 Å². The molecule has 3 rings (SSSR count). The lowest BCUT2D eigenvalue weighted by molar-refractivity contribution is -0.110. The molecule has 1 N–H and O–H groups in total. The Morgan fingerprint density at radius 3 is 2.13 bits per heavy atom. The van der Waals surface area contributed by atoms with E-state index in [0.29, 0.717) is 17.6 Å². The number of carbonyl (C=O) groups excluding carboxylic acids is 2. The maximum Gasteiger partial charge on any atom is 0.408 e. The predicted molar refractivity (Wildman–Crippen MR) is 116 cm³/mol. The first kappa shape index (κ1) is 22.8. The molecule has 2 aromatic carbocycles. The van der Waals surface area contributed by atoms with Gasteiger partial charge in [-0.1, -0.05) is 29.8 Å². The summed E-state index contributed by atoms with van der Waals surface area (Å²) >= 11 is 0. The van der Waals surface area contributed by atoms with E-state index in [2.05, 4.69) is 5.32 Å². The maximum absolute atomic E-state index is 13.5. The van der Waals surface area contributed by atoms with E-state index in [9.17, 15) is 18.0 Å². The number of rotatable bonds is 6. The van der Waals surface area contributed by atoms with Gasteiger partial charge in [-0.3, -0.25) is 0 Å². The summed E-state index contributed by atoms with van der Waals surface area (Å²) in [5.74, 6) is -0.172. The molecule has 1 aliphatic rings. The van der Waals surface area contributed by atoms with E-state index in [0.717, 1.165) is 5.56 Å². The Hall–Kier alpha value is -2.87. The van der Waals surface area contributed by atoms with Crippen molar-refractivity contribution in [2.24, 2.45) is 0 Å². The SMILES string of the molecule is COc1ccc(C2C(S(=O)(=O)c3ccc(C)cc3)C2(C=O)NC(=O)OC(C)(C)C)cc1. The van der Waals surface area contributed by atoms with Gasteiger partial charge in [-0.2, -0.15) is 0 Å². The van der Waals surface area contributed by atoms with Gasteiger partial charge in [0.1, 0.15) is 28.4 Å². The molecular weight excluding hydrogens is 418 g/mol. The number of alkyl carbamates (subject to hydrolysis) is 1. The number of amides is 1. The van der Waals surface area contributed by atoms with Gasteiger partial charge in [0.25, 0.3) is 0 Å². The lowest BCUT2D eigenvalue weighted by atomic mass is 10.1. The van der Waals surface area contributed by atoms with E-state index >= 15 is 0 Å². The number of carbonyl (C=O) groups is 2. The van der Waals surface area contributed by atoms with Crippen LogP contribution in [0.5, 0.6) is 5.75 Å². The molecule has 0 bridgehead atoms. The highest BCUT2D eigenvalue weighted by Crippen LogP contribution is 2.56. The number of sulfone groups is 1. The average molecular weight is 446 g/mol. The van der Waals surface area contributed by atoms with Crippen LogP contribution in [0.3, 0.4) is 0 Å². The molecule has 0 radical (unpaired) electrons. The Balaban J connectivity index is 2.04. The Morgan fingerprint density at radius 2 is 1.65 bits per heavy atom. The third-order valence-corrected chi connectivity index (χ3v) is 7.51. The summed E-state index contributed by atoms with van der Waals surface area (Å²) in [6.07, 6.45) is -0.345. The van der Waals surface area contributed by atoms with Gasteiger partial charge in [-0.05, 0) is 57.5 Å². The number of methoxy groups -OCH3 is 1. The van der Waals surface area contributed by atoms with E-state index in [-0.39, 0.29) is 4.90 Å². The normalized spacial score (nSPS) is 23.0. The molecule has 2 aromatic rings. The topological polar surface area (TPSA) is 98.8 Å². The second kappa shape index (κ2) is 8.00. The van der Waals surface area contributed by atoms with Gasteiger partial charge >= 0.3 is 6.09 Å². The molecule has 1 aliphatic carbocycles. The molecule has 1 fully saturated rings. The summed E-state index contributed by atoms with van der Waals surface area (Å²) in [6, 6.07) is 13.2. The minimum absolute atomic E-state index is 0.0938. The summed E-state index contributed by atoms with van der Waals surface area (Å²) in [7, 11) is -2.41. The van der Waals surface area contributed by atoms with Crippen LogP contribution in [0, 0.1) is 6.92 Å². The van der Waals surface area contributed by atoms with Crippen LogP contribution in [-0.4, -0.2) is 44.3 Å². The van der Waals surface area contributed by atoms with E-state index < -0.39 is 38.2 Å². The molecule has 166 valence electrons. The van der Waals surface area contributed by atoms with Crippen molar-refractivity contribution >= 4 is 22.2 Å². The summed E-state index contributed by atoms with van der Waals surface area (Å²) in [5.41, 5.74) is -0.926. The maximum atomic E-state index is 13.5. The van der Waals surface area contributed by atoms with Crippen LogP contribution in [0.2, 0.25) is 0 Å². The van der Waals surface area contributed by atoms with Crippen LogP contribution in [0.1, 0.15) is 37.8 Å². The van der Waals surface area contributed by atoms with E-state index in [1.165, 1.54) is 19.2 Å². The number of nitrogens with one attached hydrogen (secondary N) is 1. The average Bonchev–Trinajstić information content (AvgIpc) is 3.36. The molecule has 1 amide bonds. The molecule has 3 atom stereocenters. The van der Waals surface area contributed by atoms with Gasteiger partial charge in [0.05, 0.1) is 12.0 Å². The highest BCUT2D eigenvalue weighted by molar-refractivity contribution is 7.92. The number of aryl methyl sites for hydroxylation is 1. The lowest BCUT2D eigenvalue weighted by Gasteiger charge is -2.22. The van der Waals surface area contributed by atoms with Crippen molar-refractivity contribution in [3.05, 3.63) is 59.7 Å². The van der Waals surface area contributed by atoms with Crippen LogP contribution in [0.25, 0.3) is 0 Å². The zero-order valence-electron chi connectivity index (χ0n) is 18.2. The fourth-order valence-corrected chi connectivity index (χ4v) is 5.99. The Morgan fingerprint density at radius 1 is 1.06 bits per heavy atom. The van der Waals surface area contributed by atoms with Gasteiger partial charge in [-0.25, -0.2) is 13.2 Å². The number of benzene rings is 2. The Bertz CT molecular complexity index is 1070. The quantitative estimate of drug-likeness (QED) is 0.684. The fraction of sp³-hybridized carbons (Fsp3) is 0.391. The molecule has 0 aliphatic heterocycles. The zero-order chi connectivity index (χ0) is 23.0.